The number of pyridine rings is 1. The molecule has 4 nitrogen and oxygen atoms in total. The smallest absolute Gasteiger partial charge is 0.403 e. The Morgan fingerprint density at radius 3 is 2.48 bits per heavy atom. The summed E-state index contributed by atoms with van der Waals surface area (Å²) in [6, 6.07) is 20.2. The van der Waals surface area contributed by atoms with Crippen LogP contribution in [0.1, 0.15) is 28.7 Å². The number of rotatable bonds is 4. The standard InChI is InChI=1S/C22H20N2O2.BrH/c1-3-26-22(25)20-13-18-17-11-7-8-12-19(17)23-21(18)15(2)24(20)14-16-9-5-4-6-10-16;/h4-13H,3,14H2,1-2H3;1H. The van der Waals surface area contributed by atoms with E-state index in [0.717, 1.165) is 33.1 Å². The van der Waals surface area contributed by atoms with E-state index in [-0.39, 0.29) is 23.0 Å². The molecule has 0 saturated carbocycles. The van der Waals surface area contributed by atoms with Gasteiger partial charge in [-0.3, -0.25) is 0 Å². The third-order valence-electron chi connectivity index (χ3n) is 4.75. The van der Waals surface area contributed by atoms with Gasteiger partial charge in [0.15, 0.2) is 6.54 Å². The first-order valence-electron chi connectivity index (χ1n) is 8.84. The van der Waals surface area contributed by atoms with Crippen LogP contribution in [0.25, 0.3) is 21.8 Å². The molecule has 0 unspecified atom stereocenters. The Hall–Kier alpha value is -2.66. The molecule has 0 aliphatic heterocycles. The number of nitrogens with one attached hydrogen (secondary N) is 1. The van der Waals surface area contributed by atoms with Gasteiger partial charge in [-0.2, -0.15) is 4.57 Å². The van der Waals surface area contributed by atoms with E-state index in [4.69, 9.17) is 4.74 Å². The fraction of sp³-hybridized carbons (Fsp3) is 0.182. The van der Waals surface area contributed by atoms with Gasteiger partial charge in [-0.15, -0.1) is 0 Å². The van der Waals surface area contributed by atoms with E-state index in [1.165, 1.54) is 0 Å². The summed E-state index contributed by atoms with van der Waals surface area (Å²) in [6.07, 6.45) is 0. The molecule has 138 valence electrons. The number of esters is 1. The highest BCUT2D eigenvalue weighted by Crippen LogP contribution is 2.27. The maximum atomic E-state index is 12.7. The molecular formula is C22H21BrN2O2. The first-order chi connectivity index (χ1) is 12.7. The molecule has 2 aromatic heterocycles. The molecule has 4 rings (SSSR count). The summed E-state index contributed by atoms with van der Waals surface area (Å²) in [5.74, 6) is -0.293. The summed E-state index contributed by atoms with van der Waals surface area (Å²) >= 11 is 0. The minimum absolute atomic E-state index is 0. The van der Waals surface area contributed by atoms with E-state index in [2.05, 4.69) is 29.2 Å². The Kier molecular flexibility index (Phi) is 5.61. The second-order valence-electron chi connectivity index (χ2n) is 6.37. The molecule has 0 aliphatic carbocycles. The topological polar surface area (TPSA) is 46.0 Å². The Morgan fingerprint density at radius 2 is 1.74 bits per heavy atom. The monoisotopic (exact) mass is 424 g/mol. The second kappa shape index (κ2) is 7.92. The number of benzene rings is 2. The van der Waals surface area contributed by atoms with Gasteiger partial charge in [0.2, 0.25) is 5.69 Å². The maximum absolute atomic E-state index is 12.7. The zero-order valence-corrected chi connectivity index (χ0v) is 16.9. The molecule has 0 aliphatic rings. The van der Waals surface area contributed by atoms with E-state index in [0.29, 0.717) is 18.8 Å². The Balaban J connectivity index is 0.00000210. The Bertz CT molecular complexity index is 1100. The van der Waals surface area contributed by atoms with Crippen LogP contribution in [0, 0.1) is 6.92 Å². The number of halogens is 1. The minimum atomic E-state index is -0.293. The van der Waals surface area contributed by atoms with Crippen molar-refractivity contribution in [3.63, 3.8) is 0 Å². The number of hydrogen-bond acceptors (Lipinski definition) is 2. The average molecular weight is 425 g/mol. The maximum Gasteiger partial charge on any atom is 0.403 e. The van der Waals surface area contributed by atoms with Crippen molar-refractivity contribution in [1.82, 2.24) is 4.98 Å². The van der Waals surface area contributed by atoms with Gasteiger partial charge in [0.25, 0.3) is 5.69 Å². The molecule has 0 atom stereocenters. The quantitative estimate of drug-likeness (QED) is 0.394. The second-order valence-corrected chi connectivity index (χ2v) is 6.37. The van der Waals surface area contributed by atoms with Crippen LogP contribution in [0.2, 0.25) is 0 Å². The number of hydrogen-bond donors (Lipinski definition) is 1. The van der Waals surface area contributed by atoms with Crippen LogP contribution in [0.5, 0.6) is 0 Å². The molecule has 2 heterocycles. The average Bonchev–Trinajstić information content (AvgIpc) is 3.04. The van der Waals surface area contributed by atoms with Gasteiger partial charge in [0.1, 0.15) is 5.52 Å². The molecule has 0 amide bonds. The van der Waals surface area contributed by atoms with Crippen molar-refractivity contribution >= 4 is 27.8 Å². The zero-order valence-electron chi connectivity index (χ0n) is 15.3. The summed E-state index contributed by atoms with van der Waals surface area (Å²) < 4.78 is 7.36. The highest BCUT2D eigenvalue weighted by molar-refractivity contribution is 6.08. The third-order valence-corrected chi connectivity index (χ3v) is 4.75. The lowest BCUT2D eigenvalue weighted by molar-refractivity contribution is -0.695. The molecule has 0 radical (unpaired) electrons. The number of carbonyl (C=O) groups excluding carboxylic acids is 1. The number of carbonyl (C=O) groups is 1. The van der Waals surface area contributed by atoms with Crippen LogP contribution < -0.4 is 21.5 Å². The summed E-state index contributed by atoms with van der Waals surface area (Å²) in [7, 11) is 0. The number of fused-ring (bicyclic) bond motifs is 3. The Morgan fingerprint density at radius 1 is 1.04 bits per heavy atom. The lowest BCUT2D eigenvalue weighted by atomic mass is 10.1. The Labute approximate surface area is 168 Å². The molecule has 5 heteroatoms. The van der Waals surface area contributed by atoms with Crippen LogP contribution in [-0.2, 0) is 11.3 Å². The lowest BCUT2D eigenvalue weighted by Crippen LogP contribution is -3.00. The minimum Gasteiger partial charge on any atom is -1.00 e. The molecular weight excluding hydrogens is 404 g/mol. The number of nitrogens with zero attached hydrogens (tertiary/aromatic N) is 1. The van der Waals surface area contributed by atoms with E-state index in [1.807, 2.05) is 54.8 Å². The van der Waals surface area contributed by atoms with Crippen LogP contribution in [-0.4, -0.2) is 17.6 Å². The van der Waals surface area contributed by atoms with E-state index in [9.17, 15) is 4.79 Å². The van der Waals surface area contributed by atoms with Crippen LogP contribution >= 0.6 is 0 Å². The zero-order chi connectivity index (χ0) is 18.1. The van der Waals surface area contributed by atoms with Gasteiger partial charge in [0, 0.05) is 34.8 Å². The number of para-hydroxylation sites is 1. The summed E-state index contributed by atoms with van der Waals surface area (Å²) in [5, 5.41) is 2.16. The van der Waals surface area contributed by atoms with Gasteiger partial charge < -0.3 is 26.7 Å². The number of H-pyrrole nitrogens is 1. The van der Waals surface area contributed by atoms with Crippen molar-refractivity contribution < 1.29 is 31.1 Å². The van der Waals surface area contributed by atoms with Crippen molar-refractivity contribution in [2.75, 3.05) is 6.61 Å². The fourth-order valence-corrected chi connectivity index (χ4v) is 3.47. The highest BCUT2D eigenvalue weighted by Gasteiger charge is 2.27. The molecule has 1 N–H and O–H groups in total. The first kappa shape index (κ1) is 19.1. The largest absolute Gasteiger partial charge is 1.00 e. The molecule has 0 saturated heterocycles. The van der Waals surface area contributed by atoms with Crippen molar-refractivity contribution in [2.24, 2.45) is 0 Å². The fourth-order valence-electron chi connectivity index (χ4n) is 3.47. The lowest BCUT2D eigenvalue weighted by Gasteiger charge is -2.08. The van der Waals surface area contributed by atoms with Gasteiger partial charge in [-0.25, -0.2) is 4.79 Å². The van der Waals surface area contributed by atoms with Gasteiger partial charge in [-0.1, -0.05) is 48.5 Å². The van der Waals surface area contributed by atoms with E-state index >= 15 is 0 Å². The molecule has 27 heavy (non-hydrogen) atoms. The van der Waals surface area contributed by atoms with E-state index in [1.54, 1.807) is 0 Å². The SMILES string of the molecule is CCOC(=O)c1cc2c([nH]c3ccccc32)c(C)[n+]1Cc1ccccc1.[Br-]. The summed E-state index contributed by atoms with van der Waals surface area (Å²) in [6.45, 7) is 4.85. The first-order valence-corrected chi connectivity index (χ1v) is 8.84. The van der Waals surface area contributed by atoms with Crippen molar-refractivity contribution in [3.05, 3.63) is 77.6 Å². The third kappa shape index (κ3) is 3.47. The van der Waals surface area contributed by atoms with Gasteiger partial charge >= 0.3 is 5.97 Å². The summed E-state index contributed by atoms with van der Waals surface area (Å²) in [5.41, 5.74) is 4.85. The molecule has 0 fully saturated rings. The van der Waals surface area contributed by atoms with Crippen molar-refractivity contribution in [2.45, 2.75) is 20.4 Å². The predicted octanol–water partition coefficient (Wildman–Crippen LogP) is 1.15. The predicted molar refractivity (Wildman–Crippen MR) is 102 cm³/mol. The van der Waals surface area contributed by atoms with Crippen LogP contribution in [0.3, 0.4) is 0 Å². The molecule has 0 spiro atoms. The molecule has 4 aromatic rings. The van der Waals surface area contributed by atoms with Gasteiger partial charge in [0.05, 0.1) is 6.61 Å². The summed E-state index contributed by atoms with van der Waals surface area (Å²) in [4.78, 5) is 16.2. The number of ether oxygens (including phenoxy) is 1. The highest BCUT2D eigenvalue weighted by atomic mass is 79.9. The molecule has 2 aromatic carbocycles. The number of aromatic amines is 1. The number of aromatic nitrogens is 2. The van der Waals surface area contributed by atoms with Crippen LogP contribution in [0.15, 0.2) is 60.7 Å². The van der Waals surface area contributed by atoms with Crippen LogP contribution in [0.4, 0.5) is 0 Å². The van der Waals surface area contributed by atoms with Gasteiger partial charge in [-0.05, 0) is 13.0 Å². The molecule has 0 bridgehead atoms. The van der Waals surface area contributed by atoms with Crippen molar-refractivity contribution in [1.29, 1.82) is 0 Å². The normalized spacial score (nSPS) is 10.7. The van der Waals surface area contributed by atoms with E-state index < -0.39 is 0 Å². The number of aryl methyl sites for hydroxylation is 1. The van der Waals surface area contributed by atoms with Crippen molar-refractivity contribution in [3.8, 4) is 0 Å².